The van der Waals surface area contributed by atoms with Crippen LogP contribution in [-0.2, 0) is 11.3 Å². The number of rotatable bonds is 5. The van der Waals surface area contributed by atoms with Gasteiger partial charge in [-0.15, -0.1) is 0 Å². The van der Waals surface area contributed by atoms with E-state index in [1.807, 2.05) is 6.07 Å². The first-order valence-corrected chi connectivity index (χ1v) is 6.71. The predicted molar refractivity (Wildman–Crippen MR) is 75.4 cm³/mol. The molecular weight excluding hydrogens is 276 g/mol. The van der Waals surface area contributed by atoms with Crippen molar-refractivity contribution in [1.29, 1.82) is 0 Å². The second kappa shape index (κ2) is 5.69. The number of fused-ring (bicyclic) bond motifs is 1. The van der Waals surface area contributed by atoms with E-state index in [1.165, 1.54) is 0 Å². The molecule has 1 atom stereocenters. The smallest absolute Gasteiger partial charge is 0.231 e. The van der Waals surface area contributed by atoms with Crippen LogP contribution >= 0.6 is 0 Å². The lowest BCUT2D eigenvalue weighted by molar-refractivity contribution is 0.0853. The number of hydrogen-bond acceptors (Lipinski definition) is 7. The summed E-state index contributed by atoms with van der Waals surface area (Å²) in [5.41, 5.74) is 7.37. The minimum absolute atomic E-state index is 0.0532. The first-order valence-electron chi connectivity index (χ1n) is 6.71. The second-order valence-corrected chi connectivity index (χ2v) is 4.83. The van der Waals surface area contributed by atoms with Crippen LogP contribution < -0.4 is 24.7 Å². The lowest BCUT2D eigenvalue weighted by atomic mass is 10.0. The molecule has 0 amide bonds. The highest BCUT2D eigenvalue weighted by molar-refractivity contribution is 5.87. The molecule has 2 N–H and O–H groups in total. The first kappa shape index (κ1) is 13.8. The van der Waals surface area contributed by atoms with E-state index < -0.39 is 0 Å². The van der Waals surface area contributed by atoms with Gasteiger partial charge in [0.15, 0.2) is 11.5 Å². The van der Waals surface area contributed by atoms with E-state index in [2.05, 4.69) is 5.16 Å². The van der Waals surface area contributed by atoms with Gasteiger partial charge in [0.2, 0.25) is 18.3 Å². The van der Waals surface area contributed by atoms with E-state index in [0.29, 0.717) is 36.0 Å². The van der Waals surface area contributed by atoms with Crippen molar-refractivity contribution in [3.63, 3.8) is 0 Å². The zero-order valence-electron chi connectivity index (χ0n) is 12.0. The van der Waals surface area contributed by atoms with Crippen molar-refractivity contribution in [1.82, 2.24) is 0 Å². The Morgan fingerprint density at radius 2 is 2.10 bits per heavy atom. The molecule has 21 heavy (non-hydrogen) atoms. The maximum Gasteiger partial charge on any atom is 0.231 e. The van der Waals surface area contributed by atoms with Crippen LogP contribution in [0.2, 0.25) is 0 Å². The molecule has 3 rings (SSSR count). The van der Waals surface area contributed by atoms with E-state index >= 15 is 0 Å². The van der Waals surface area contributed by atoms with Crippen LogP contribution in [0.15, 0.2) is 11.2 Å². The maximum atomic E-state index is 5.57. The molecule has 1 aromatic rings. The van der Waals surface area contributed by atoms with E-state index in [1.54, 1.807) is 14.2 Å². The first-order chi connectivity index (χ1) is 10.3. The SMILES string of the molecule is COc1cc(C[C@H]2CC(CN)=NO2)c(OC)c2c1OCO2. The van der Waals surface area contributed by atoms with E-state index in [0.717, 1.165) is 17.7 Å². The summed E-state index contributed by atoms with van der Waals surface area (Å²) in [6.45, 7) is 0.573. The number of ether oxygens (including phenoxy) is 4. The molecule has 2 heterocycles. The molecule has 0 radical (unpaired) electrons. The van der Waals surface area contributed by atoms with Gasteiger partial charge < -0.3 is 29.5 Å². The Labute approximate surface area is 122 Å². The molecule has 0 saturated carbocycles. The van der Waals surface area contributed by atoms with Gasteiger partial charge in [0.25, 0.3) is 0 Å². The number of nitrogens with zero attached hydrogens (tertiary/aromatic N) is 1. The van der Waals surface area contributed by atoms with Crippen LogP contribution in [0.3, 0.4) is 0 Å². The van der Waals surface area contributed by atoms with Crippen LogP contribution in [-0.4, -0.2) is 39.4 Å². The van der Waals surface area contributed by atoms with Gasteiger partial charge in [0, 0.05) is 24.9 Å². The highest BCUT2D eigenvalue weighted by atomic mass is 16.7. The molecule has 0 spiro atoms. The molecule has 0 aliphatic carbocycles. The maximum absolute atomic E-state index is 5.57. The summed E-state index contributed by atoms with van der Waals surface area (Å²) in [6.07, 6.45) is 1.29. The number of benzene rings is 1. The summed E-state index contributed by atoms with van der Waals surface area (Å²) in [5.74, 6) is 2.42. The molecule has 114 valence electrons. The second-order valence-electron chi connectivity index (χ2n) is 4.83. The summed E-state index contributed by atoms with van der Waals surface area (Å²) in [7, 11) is 3.19. The van der Waals surface area contributed by atoms with Crippen molar-refractivity contribution < 1.29 is 23.8 Å². The van der Waals surface area contributed by atoms with Gasteiger partial charge in [-0.3, -0.25) is 0 Å². The van der Waals surface area contributed by atoms with Crippen molar-refractivity contribution in [3.05, 3.63) is 11.6 Å². The third-order valence-electron chi connectivity index (χ3n) is 3.54. The molecule has 7 nitrogen and oxygen atoms in total. The van der Waals surface area contributed by atoms with Crippen LogP contribution in [0.1, 0.15) is 12.0 Å². The number of methoxy groups -OCH3 is 2. The lowest BCUT2D eigenvalue weighted by Crippen LogP contribution is -2.17. The molecule has 0 bridgehead atoms. The Balaban J connectivity index is 1.88. The summed E-state index contributed by atoms with van der Waals surface area (Å²) in [4.78, 5) is 5.39. The van der Waals surface area contributed by atoms with Gasteiger partial charge >= 0.3 is 0 Å². The van der Waals surface area contributed by atoms with Gasteiger partial charge in [-0.2, -0.15) is 0 Å². The summed E-state index contributed by atoms with van der Waals surface area (Å²) in [5, 5.41) is 3.97. The minimum atomic E-state index is -0.0532. The molecule has 0 aromatic heterocycles. The highest BCUT2D eigenvalue weighted by Crippen LogP contribution is 2.49. The molecule has 1 aromatic carbocycles. The number of oxime groups is 1. The topological polar surface area (TPSA) is 84.5 Å². The largest absolute Gasteiger partial charge is 0.493 e. The Hall–Kier alpha value is -2.15. The molecule has 2 aliphatic heterocycles. The van der Waals surface area contributed by atoms with Crippen molar-refractivity contribution in [3.8, 4) is 23.0 Å². The summed E-state index contributed by atoms with van der Waals surface area (Å²) in [6, 6.07) is 1.89. The van der Waals surface area contributed by atoms with E-state index in [9.17, 15) is 0 Å². The Morgan fingerprint density at radius 1 is 1.29 bits per heavy atom. The van der Waals surface area contributed by atoms with Crippen LogP contribution in [0, 0.1) is 0 Å². The third-order valence-corrected chi connectivity index (χ3v) is 3.54. The average molecular weight is 294 g/mol. The Bertz CT molecular complexity index is 573. The molecule has 0 fully saturated rings. The fourth-order valence-electron chi connectivity index (χ4n) is 2.55. The normalized spacial score (nSPS) is 19.2. The summed E-state index contributed by atoms with van der Waals surface area (Å²) >= 11 is 0. The molecule has 7 heteroatoms. The standard InChI is InChI=1S/C14H18N2O5/c1-17-11-4-8(3-10-5-9(6-15)16-21-10)12(18-2)14-13(11)19-7-20-14/h4,10H,3,5-7,15H2,1-2H3/t10-/m0/s1. The fourth-order valence-corrected chi connectivity index (χ4v) is 2.55. The molecular formula is C14H18N2O5. The van der Waals surface area contributed by atoms with Crippen molar-refractivity contribution >= 4 is 5.71 Å². The monoisotopic (exact) mass is 294 g/mol. The number of nitrogens with two attached hydrogens (primary N) is 1. The predicted octanol–water partition coefficient (Wildman–Crippen LogP) is 1.08. The third kappa shape index (κ3) is 2.44. The summed E-state index contributed by atoms with van der Waals surface area (Å²) < 4.78 is 21.7. The Kier molecular flexibility index (Phi) is 3.74. The van der Waals surface area contributed by atoms with Crippen molar-refractivity contribution in [2.45, 2.75) is 18.9 Å². The Morgan fingerprint density at radius 3 is 2.76 bits per heavy atom. The quantitative estimate of drug-likeness (QED) is 0.874. The van der Waals surface area contributed by atoms with Crippen LogP contribution in [0.25, 0.3) is 0 Å². The van der Waals surface area contributed by atoms with Gasteiger partial charge in [0.1, 0.15) is 6.10 Å². The fraction of sp³-hybridized carbons (Fsp3) is 0.500. The van der Waals surface area contributed by atoms with E-state index in [-0.39, 0.29) is 12.9 Å². The van der Waals surface area contributed by atoms with Crippen LogP contribution in [0.5, 0.6) is 23.0 Å². The highest BCUT2D eigenvalue weighted by Gasteiger charge is 2.29. The average Bonchev–Trinajstić information content (AvgIpc) is 3.15. The van der Waals surface area contributed by atoms with E-state index in [4.69, 9.17) is 29.5 Å². The zero-order valence-corrected chi connectivity index (χ0v) is 12.0. The minimum Gasteiger partial charge on any atom is -0.493 e. The molecule has 0 saturated heterocycles. The van der Waals surface area contributed by atoms with Crippen molar-refractivity contribution in [2.24, 2.45) is 10.9 Å². The van der Waals surface area contributed by atoms with Gasteiger partial charge in [-0.1, -0.05) is 5.16 Å². The molecule has 2 aliphatic rings. The number of hydrogen-bond donors (Lipinski definition) is 1. The van der Waals surface area contributed by atoms with Crippen molar-refractivity contribution in [2.75, 3.05) is 27.6 Å². The molecule has 0 unspecified atom stereocenters. The zero-order chi connectivity index (χ0) is 14.8. The lowest BCUT2D eigenvalue weighted by Gasteiger charge is -2.15. The van der Waals surface area contributed by atoms with Gasteiger partial charge in [-0.25, -0.2) is 0 Å². The van der Waals surface area contributed by atoms with Gasteiger partial charge in [-0.05, 0) is 6.07 Å². The van der Waals surface area contributed by atoms with Crippen LogP contribution in [0.4, 0.5) is 0 Å². The van der Waals surface area contributed by atoms with Gasteiger partial charge in [0.05, 0.1) is 19.9 Å².